The van der Waals surface area contributed by atoms with E-state index in [2.05, 4.69) is 20.0 Å². The number of halogens is 1. The van der Waals surface area contributed by atoms with E-state index in [1.54, 1.807) is 23.9 Å². The van der Waals surface area contributed by atoms with Gasteiger partial charge in [-0.1, -0.05) is 17.8 Å². The molecule has 0 bridgehead atoms. The molecule has 8 heteroatoms. The number of benzene rings is 1. The van der Waals surface area contributed by atoms with Crippen molar-refractivity contribution in [3.8, 4) is 0 Å². The molecule has 1 saturated heterocycles. The summed E-state index contributed by atoms with van der Waals surface area (Å²) in [4.78, 5) is 31.8. The van der Waals surface area contributed by atoms with Gasteiger partial charge in [0.1, 0.15) is 5.82 Å². The largest absolute Gasteiger partial charge is 0.369 e. The summed E-state index contributed by atoms with van der Waals surface area (Å²) in [6.45, 7) is 4.23. The van der Waals surface area contributed by atoms with Gasteiger partial charge in [-0.15, -0.1) is 0 Å². The summed E-state index contributed by atoms with van der Waals surface area (Å²) < 4.78 is 13.1. The van der Waals surface area contributed by atoms with Crippen molar-refractivity contribution in [3.63, 3.8) is 0 Å². The van der Waals surface area contributed by atoms with E-state index in [1.807, 2.05) is 19.2 Å². The highest BCUT2D eigenvalue weighted by atomic mass is 32.2. The zero-order valence-electron chi connectivity index (χ0n) is 17.1. The van der Waals surface area contributed by atoms with Crippen LogP contribution < -0.4 is 10.2 Å². The van der Waals surface area contributed by atoms with Crippen molar-refractivity contribution in [2.75, 3.05) is 51.2 Å². The van der Waals surface area contributed by atoms with Gasteiger partial charge in [0.25, 0.3) is 0 Å². The van der Waals surface area contributed by atoms with Crippen LogP contribution >= 0.6 is 11.8 Å². The number of carbonyl (C=O) groups is 2. The maximum absolute atomic E-state index is 13.1. The molecule has 1 aliphatic carbocycles. The molecule has 1 amide bonds. The van der Waals surface area contributed by atoms with Crippen molar-refractivity contribution < 1.29 is 14.0 Å². The van der Waals surface area contributed by atoms with Crippen molar-refractivity contribution in [2.45, 2.75) is 18.2 Å². The highest BCUT2D eigenvalue weighted by Gasteiger charge is 2.33. The minimum Gasteiger partial charge on any atom is -0.369 e. The number of hydrogen-bond donors (Lipinski definition) is 1. The average molecular weight is 431 g/mol. The van der Waals surface area contributed by atoms with Crippen LogP contribution in [0.15, 0.2) is 47.0 Å². The van der Waals surface area contributed by atoms with Gasteiger partial charge in [0.15, 0.2) is 5.78 Å². The zero-order chi connectivity index (χ0) is 21.1. The fourth-order valence-electron chi connectivity index (χ4n) is 4.03. The Morgan fingerprint density at radius 3 is 2.63 bits per heavy atom. The van der Waals surface area contributed by atoms with Gasteiger partial charge in [-0.2, -0.15) is 0 Å². The number of piperazine rings is 1. The van der Waals surface area contributed by atoms with Crippen LogP contribution in [0.1, 0.15) is 12.8 Å². The van der Waals surface area contributed by atoms with E-state index in [-0.39, 0.29) is 22.9 Å². The molecule has 0 radical (unpaired) electrons. The second kappa shape index (κ2) is 9.22. The molecule has 0 aromatic heterocycles. The van der Waals surface area contributed by atoms with Crippen LogP contribution in [0.5, 0.6) is 0 Å². The molecular formula is C22H27FN4O2S. The summed E-state index contributed by atoms with van der Waals surface area (Å²) in [5.74, 6) is -0.00416. The van der Waals surface area contributed by atoms with Gasteiger partial charge in [-0.3, -0.25) is 14.5 Å². The number of likely N-dealkylation sites (N-methyl/N-ethyl adjacent to an activating group) is 1. The quantitative estimate of drug-likeness (QED) is 0.747. The first kappa shape index (κ1) is 20.9. The third-order valence-electron chi connectivity index (χ3n) is 5.78. The van der Waals surface area contributed by atoms with E-state index < -0.39 is 0 Å². The van der Waals surface area contributed by atoms with E-state index in [1.165, 1.54) is 12.1 Å². The van der Waals surface area contributed by atoms with Crippen LogP contribution in [0.3, 0.4) is 0 Å². The standard InChI is InChI=1S/C22H27FN4O2S/c1-25-18-3-2-4-19(28)22(18)30-21(25)9-10-24-20(29)15-26-11-13-27(14-12-26)17-7-5-16(23)6-8-17/h2-3,5-8,21H,4,9-15H2,1H3,(H,24,29). The molecular weight excluding hydrogens is 403 g/mol. The predicted molar refractivity (Wildman–Crippen MR) is 118 cm³/mol. The van der Waals surface area contributed by atoms with Crippen molar-refractivity contribution in [2.24, 2.45) is 0 Å². The number of thioether (sulfide) groups is 1. The molecule has 2 heterocycles. The molecule has 1 atom stereocenters. The van der Waals surface area contributed by atoms with Crippen LogP contribution in [0.4, 0.5) is 10.1 Å². The van der Waals surface area contributed by atoms with E-state index in [9.17, 15) is 14.0 Å². The number of ketones is 1. The lowest BCUT2D eigenvalue weighted by atomic mass is 10.1. The highest BCUT2D eigenvalue weighted by molar-refractivity contribution is 8.04. The van der Waals surface area contributed by atoms with Gasteiger partial charge in [0, 0.05) is 51.9 Å². The summed E-state index contributed by atoms with van der Waals surface area (Å²) in [5.41, 5.74) is 2.02. The van der Waals surface area contributed by atoms with Crippen LogP contribution in [-0.2, 0) is 9.59 Å². The predicted octanol–water partition coefficient (Wildman–Crippen LogP) is 2.20. The summed E-state index contributed by atoms with van der Waals surface area (Å²) in [5, 5.41) is 3.20. The van der Waals surface area contributed by atoms with Crippen LogP contribution in [0.25, 0.3) is 0 Å². The van der Waals surface area contributed by atoms with Gasteiger partial charge in [-0.05, 0) is 36.8 Å². The number of Topliss-reactive ketones (excluding diaryl/α,β-unsaturated/α-hetero) is 1. The number of nitrogens with one attached hydrogen (secondary N) is 1. The topological polar surface area (TPSA) is 55.9 Å². The van der Waals surface area contributed by atoms with Crippen molar-refractivity contribution in [1.29, 1.82) is 0 Å². The summed E-state index contributed by atoms with van der Waals surface area (Å²) in [6.07, 6.45) is 5.21. The van der Waals surface area contributed by atoms with Crippen molar-refractivity contribution >= 4 is 29.1 Å². The SMILES string of the molecule is CN1C2=C(SC1CCNC(=O)CN1CCN(c3ccc(F)cc3)CC1)C(=O)CC=C2. The molecule has 2 aliphatic heterocycles. The van der Waals surface area contributed by atoms with E-state index in [0.717, 1.165) is 48.9 Å². The Labute approximate surface area is 180 Å². The molecule has 1 unspecified atom stereocenters. The number of carbonyl (C=O) groups excluding carboxylic acids is 2. The normalized spacial score (nSPS) is 21.9. The fraction of sp³-hybridized carbons (Fsp3) is 0.455. The third-order valence-corrected chi connectivity index (χ3v) is 7.27. The molecule has 3 aliphatic rings. The van der Waals surface area contributed by atoms with Crippen LogP contribution in [0, 0.1) is 5.82 Å². The van der Waals surface area contributed by atoms with E-state index in [0.29, 0.717) is 19.5 Å². The minimum absolute atomic E-state index is 0.0320. The van der Waals surface area contributed by atoms with Crippen molar-refractivity contribution in [3.05, 3.63) is 52.8 Å². The lowest BCUT2D eigenvalue weighted by molar-refractivity contribution is -0.122. The number of nitrogens with zero attached hydrogens (tertiary/aromatic N) is 3. The molecule has 0 saturated carbocycles. The number of anilines is 1. The Kier molecular flexibility index (Phi) is 6.43. The number of hydrogen-bond acceptors (Lipinski definition) is 6. The summed E-state index contributed by atoms with van der Waals surface area (Å²) >= 11 is 1.61. The maximum atomic E-state index is 13.1. The Balaban J connectivity index is 1.16. The third kappa shape index (κ3) is 4.70. The maximum Gasteiger partial charge on any atom is 0.234 e. The number of amides is 1. The molecule has 1 fully saturated rings. The molecule has 0 spiro atoms. The van der Waals surface area contributed by atoms with E-state index in [4.69, 9.17) is 0 Å². The van der Waals surface area contributed by atoms with Crippen LogP contribution in [-0.4, -0.2) is 73.2 Å². The molecule has 1 aromatic carbocycles. The van der Waals surface area contributed by atoms with E-state index >= 15 is 0 Å². The first-order valence-corrected chi connectivity index (χ1v) is 11.2. The zero-order valence-corrected chi connectivity index (χ0v) is 18.0. The monoisotopic (exact) mass is 430 g/mol. The van der Waals surface area contributed by atoms with Crippen LogP contribution in [0.2, 0.25) is 0 Å². The molecule has 4 rings (SSSR count). The Bertz CT molecular complexity index is 862. The van der Waals surface area contributed by atoms with Gasteiger partial charge in [-0.25, -0.2) is 4.39 Å². The lowest BCUT2D eigenvalue weighted by Gasteiger charge is -2.35. The second-order valence-electron chi connectivity index (χ2n) is 7.81. The first-order chi connectivity index (χ1) is 14.5. The van der Waals surface area contributed by atoms with Gasteiger partial charge in [0.2, 0.25) is 5.91 Å². The summed E-state index contributed by atoms with van der Waals surface area (Å²) in [6, 6.07) is 6.55. The van der Waals surface area contributed by atoms with Gasteiger partial charge < -0.3 is 15.1 Å². The average Bonchev–Trinajstić information content (AvgIpc) is 3.06. The Hall–Kier alpha value is -2.32. The fourth-order valence-corrected chi connectivity index (χ4v) is 5.35. The minimum atomic E-state index is -0.227. The Morgan fingerprint density at radius 2 is 1.93 bits per heavy atom. The smallest absolute Gasteiger partial charge is 0.234 e. The van der Waals surface area contributed by atoms with Gasteiger partial charge in [0.05, 0.1) is 22.5 Å². The van der Waals surface area contributed by atoms with Crippen molar-refractivity contribution in [1.82, 2.24) is 15.1 Å². The Morgan fingerprint density at radius 1 is 1.20 bits per heavy atom. The lowest BCUT2D eigenvalue weighted by Crippen LogP contribution is -2.49. The number of rotatable bonds is 6. The number of allylic oxidation sites excluding steroid dienone is 3. The molecule has 6 nitrogen and oxygen atoms in total. The van der Waals surface area contributed by atoms with Gasteiger partial charge >= 0.3 is 0 Å². The summed E-state index contributed by atoms with van der Waals surface area (Å²) in [7, 11) is 2.01. The second-order valence-corrected chi connectivity index (χ2v) is 8.99. The first-order valence-electron chi connectivity index (χ1n) is 10.3. The highest BCUT2D eigenvalue weighted by Crippen LogP contribution is 2.41. The molecule has 1 N–H and O–H groups in total. The molecule has 160 valence electrons. The molecule has 1 aromatic rings. The molecule has 30 heavy (non-hydrogen) atoms.